The van der Waals surface area contributed by atoms with Gasteiger partial charge in [-0.15, -0.1) is 0 Å². The van der Waals surface area contributed by atoms with Gasteiger partial charge in [0, 0.05) is 24.5 Å². The minimum Gasteiger partial charge on any atom is -0.507 e. The minimum absolute atomic E-state index is 0.0167. The summed E-state index contributed by atoms with van der Waals surface area (Å²) in [6.07, 6.45) is 3.26. The fourth-order valence-corrected chi connectivity index (χ4v) is 4.20. The number of methoxy groups -OCH3 is 3. The highest BCUT2D eigenvalue weighted by atomic mass is 16.5. The first-order chi connectivity index (χ1) is 16.9. The zero-order valence-electron chi connectivity index (χ0n) is 19.9. The Morgan fingerprint density at radius 1 is 1.00 bits per heavy atom. The summed E-state index contributed by atoms with van der Waals surface area (Å²) in [6, 6.07) is 13.1. The van der Waals surface area contributed by atoms with Crippen molar-refractivity contribution in [2.24, 2.45) is 0 Å². The SMILES string of the molecule is COc1cc([C@H]2C(=C(O)c3ccc(C)cc3)C(=O)C(=O)N2Cc2cccnc2)cc(OC)c1OC. The highest BCUT2D eigenvalue weighted by Gasteiger charge is 2.46. The summed E-state index contributed by atoms with van der Waals surface area (Å²) in [6.45, 7) is 2.04. The summed E-state index contributed by atoms with van der Waals surface area (Å²) >= 11 is 0. The van der Waals surface area contributed by atoms with Crippen molar-refractivity contribution in [3.05, 3.63) is 88.8 Å². The van der Waals surface area contributed by atoms with E-state index in [0.29, 0.717) is 28.4 Å². The molecule has 0 unspecified atom stereocenters. The Balaban J connectivity index is 1.94. The number of hydrogen-bond donors (Lipinski definition) is 1. The number of aliphatic hydroxyl groups is 1. The molecule has 2 heterocycles. The van der Waals surface area contributed by atoms with Gasteiger partial charge in [0.25, 0.3) is 11.7 Å². The van der Waals surface area contributed by atoms with Gasteiger partial charge in [0.05, 0.1) is 32.9 Å². The normalized spacial score (nSPS) is 16.9. The molecule has 1 aliphatic rings. The molecule has 0 spiro atoms. The first kappa shape index (κ1) is 23.8. The predicted octanol–water partition coefficient (Wildman–Crippen LogP) is 4.04. The van der Waals surface area contributed by atoms with Crippen LogP contribution in [0.2, 0.25) is 0 Å². The number of aliphatic hydroxyl groups excluding tert-OH is 1. The zero-order chi connectivity index (χ0) is 25.1. The topological polar surface area (TPSA) is 98.2 Å². The molecular formula is C27H26N2O6. The van der Waals surface area contributed by atoms with Crippen molar-refractivity contribution in [2.45, 2.75) is 19.5 Å². The van der Waals surface area contributed by atoms with Crippen LogP contribution in [0.15, 0.2) is 66.5 Å². The fourth-order valence-electron chi connectivity index (χ4n) is 4.20. The average molecular weight is 475 g/mol. The largest absolute Gasteiger partial charge is 0.507 e. The number of carbonyl (C=O) groups excluding carboxylic acids is 2. The van der Waals surface area contributed by atoms with Gasteiger partial charge in [-0.1, -0.05) is 35.9 Å². The molecule has 35 heavy (non-hydrogen) atoms. The number of aryl methyl sites for hydroxylation is 1. The smallest absolute Gasteiger partial charge is 0.295 e. The maximum Gasteiger partial charge on any atom is 0.295 e. The van der Waals surface area contributed by atoms with E-state index in [2.05, 4.69) is 4.98 Å². The van der Waals surface area contributed by atoms with Crippen LogP contribution in [-0.2, 0) is 16.1 Å². The van der Waals surface area contributed by atoms with Crippen LogP contribution in [0.3, 0.4) is 0 Å². The average Bonchev–Trinajstić information content (AvgIpc) is 3.13. The highest BCUT2D eigenvalue weighted by Crippen LogP contribution is 2.46. The van der Waals surface area contributed by atoms with Gasteiger partial charge in [-0.3, -0.25) is 14.6 Å². The van der Waals surface area contributed by atoms with Crippen molar-refractivity contribution >= 4 is 17.4 Å². The molecule has 1 saturated heterocycles. The van der Waals surface area contributed by atoms with E-state index in [1.807, 2.05) is 25.1 Å². The van der Waals surface area contributed by atoms with E-state index in [4.69, 9.17) is 14.2 Å². The molecule has 1 aromatic heterocycles. The Morgan fingerprint density at radius 2 is 1.66 bits per heavy atom. The number of hydrogen-bond acceptors (Lipinski definition) is 7. The van der Waals surface area contributed by atoms with E-state index in [0.717, 1.165) is 11.1 Å². The van der Waals surface area contributed by atoms with Gasteiger partial charge >= 0.3 is 0 Å². The lowest BCUT2D eigenvalue weighted by Crippen LogP contribution is -2.29. The number of likely N-dealkylation sites (tertiary alicyclic amines) is 1. The van der Waals surface area contributed by atoms with E-state index in [9.17, 15) is 14.7 Å². The van der Waals surface area contributed by atoms with Crippen LogP contribution in [0.5, 0.6) is 17.2 Å². The van der Waals surface area contributed by atoms with Crippen LogP contribution in [0.1, 0.15) is 28.3 Å². The molecular weight excluding hydrogens is 448 g/mol. The number of Topliss-reactive ketones (excluding diaryl/α,β-unsaturated/α-hetero) is 1. The molecule has 1 amide bonds. The highest BCUT2D eigenvalue weighted by molar-refractivity contribution is 6.46. The van der Waals surface area contributed by atoms with E-state index >= 15 is 0 Å². The predicted molar refractivity (Wildman–Crippen MR) is 129 cm³/mol. The molecule has 4 rings (SSSR count). The van der Waals surface area contributed by atoms with E-state index in [1.165, 1.54) is 26.2 Å². The quantitative estimate of drug-likeness (QED) is 0.314. The first-order valence-electron chi connectivity index (χ1n) is 10.9. The lowest BCUT2D eigenvalue weighted by Gasteiger charge is -2.26. The molecule has 0 bridgehead atoms. The number of rotatable bonds is 7. The summed E-state index contributed by atoms with van der Waals surface area (Å²) in [7, 11) is 4.46. The van der Waals surface area contributed by atoms with Crippen molar-refractivity contribution in [2.75, 3.05) is 21.3 Å². The second-order valence-corrected chi connectivity index (χ2v) is 8.11. The second kappa shape index (κ2) is 9.89. The van der Waals surface area contributed by atoms with E-state index in [-0.39, 0.29) is 17.9 Å². The number of pyridine rings is 1. The number of ether oxygens (including phenoxy) is 3. The monoisotopic (exact) mass is 474 g/mol. The maximum absolute atomic E-state index is 13.3. The third-order valence-corrected chi connectivity index (χ3v) is 5.94. The van der Waals surface area contributed by atoms with Gasteiger partial charge < -0.3 is 24.2 Å². The van der Waals surface area contributed by atoms with Crippen LogP contribution in [-0.4, -0.2) is 48.0 Å². The van der Waals surface area contributed by atoms with Crippen molar-refractivity contribution in [3.8, 4) is 17.2 Å². The van der Waals surface area contributed by atoms with Gasteiger partial charge in [0.15, 0.2) is 11.5 Å². The Bertz CT molecular complexity index is 1260. The van der Waals surface area contributed by atoms with Gasteiger partial charge in [0.2, 0.25) is 5.75 Å². The molecule has 8 nitrogen and oxygen atoms in total. The molecule has 1 aliphatic heterocycles. The number of nitrogens with zero attached hydrogens (tertiary/aromatic N) is 2. The lowest BCUT2D eigenvalue weighted by molar-refractivity contribution is -0.140. The Morgan fingerprint density at radius 3 is 2.20 bits per heavy atom. The molecule has 1 N–H and O–H groups in total. The molecule has 0 radical (unpaired) electrons. The molecule has 1 fully saturated rings. The standard InChI is InChI=1S/C27H26N2O6/c1-16-7-9-18(10-8-16)24(30)22-23(19-12-20(33-2)26(35-4)21(13-19)34-3)29(27(32)25(22)31)15-17-6-5-11-28-14-17/h5-14,23,30H,15H2,1-4H3/t23-/m0/s1. The number of carbonyl (C=O) groups is 2. The molecule has 0 saturated carbocycles. The molecule has 8 heteroatoms. The number of amides is 1. The first-order valence-corrected chi connectivity index (χ1v) is 10.9. The summed E-state index contributed by atoms with van der Waals surface area (Å²) in [5, 5.41) is 11.2. The van der Waals surface area contributed by atoms with Crippen LogP contribution in [0.25, 0.3) is 5.76 Å². The number of ketones is 1. The van der Waals surface area contributed by atoms with Crippen molar-refractivity contribution in [1.29, 1.82) is 0 Å². The van der Waals surface area contributed by atoms with E-state index in [1.54, 1.807) is 42.7 Å². The summed E-state index contributed by atoms with van der Waals surface area (Å²) in [5.41, 5.74) is 2.68. The van der Waals surface area contributed by atoms with Gasteiger partial charge in [0.1, 0.15) is 5.76 Å². The van der Waals surface area contributed by atoms with Crippen molar-refractivity contribution in [3.63, 3.8) is 0 Å². The summed E-state index contributed by atoms with van der Waals surface area (Å²) < 4.78 is 16.4. The Kier molecular flexibility index (Phi) is 6.73. The van der Waals surface area contributed by atoms with Gasteiger partial charge in [-0.2, -0.15) is 0 Å². The summed E-state index contributed by atoms with van der Waals surface area (Å²) in [5.74, 6) is -0.641. The lowest BCUT2D eigenvalue weighted by atomic mass is 9.94. The van der Waals surface area contributed by atoms with Crippen LogP contribution >= 0.6 is 0 Å². The third-order valence-electron chi connectivity index (χ3n) is 5.94. The molecule has 180 valence electrons. The zero-order valence-corrected chi connectivity index (χ0v) is 19.9. The Labute approximate surface area is 203 Å². The number of benzene rings is 2. The molecule has 1 atom stereocenters. The van der Waals surface area contributed by atoms with Crippen LogP contribution in [0, 0.1) is 6.92 Å². The second-order valence-electron chi connectivity index (χ2n) is 8.11. The minimum atomic E-state index is -0.898. The van der Waals surface area contributed by atoms with Gasteiger partial charge in [-0.25, -0.2) is 0 Å². The Hall–Kier alpha value is -4.33. The summed E-state index contributed by atoms with van der Waals surface area (Å²) in [4.78, 5) is 32.1. The fraction of sp³-hybridized carbons (Fsp3) is 0.222. The molecule has 2 aromatic carbocycles. The van der Waals surface area contributed by atoms with Crippen molar-refractivity contribution in [1.82, 2.24) is 9.88 Å². The van der Waals surface area contributed by atoms with Crippen LogP contribution in [0.4, 0.5) is 0 Å². The van der Waals surface area contributed by atoms with Gasteiger partial charge in [-0.05, 0) is 36.2 Å². The van der Waals surface area contributed by atoms with E-state index < -0.39 is 17.7 Å². The van der Waals surface area contributed by atoms with Crippen LogP contribution < -0.4 is 14.2 Å². The molecule has 3 aromatic rings. The molecule has 0 aliphatic carbocycles. The van der Waals surface area contributed by atoms with Crippen molar-refractivity contribution < 1.29 is 28.9 Å². The third kappa shape index (κ3) is 4.42. The maximum atomic E-state index is 13.3. The number of aromatic nitrogens is 1.